The van der Waals surface area contributed by atoms with Crippen LogP contribution in [0.25, 0.3) is 0 Å². The van der Waals surface area contributed by atoms with Gasteiger partial charge in [-0.3, -0.25) is 4.90 Å². The van der Waals surface area contributed by atoms with Crippen molar-refractivity contribution in [2.45, 2.75) is 39.1 Å². The molecule has 1 aromatic heterocycles. The molecule has 132 valence electrons. The van der Waals surface area contributed by atoms with Crippen LogP contribution in [0, 0.1) is 6.92 Å². The molecular weight excluding hydrogens is 402 g/mol. The highest BCUT2D eigenvalue weighted by Gasteiger charge is 2.30. The monoisotopic (exact) mass is 421 g/mol. The average Bonchev–Trinajstić information content (AvgIpc) is 3.14. The van der Waals surface area contributed by atoms with E-state index in [4.69, 9.17) is 4.74 Å². The van der Waals surface area contributed by atoms with E-state index in [1.165, 1.54) is 16.0 Å². The van der Waals surface area contributed by atoms with E-state index in [0.29, 0.717) is 12.6 Å². The molecule has 1 fully saturated rings. The Morgan fingerprint density at radius 2 is 2.28 bits per heavy atom. The molecule has 0 bridgehead atoms. The summed E-state index contributed by atoms with van der Waals surface area (Å²) in [6.07, 6.45) is 1.94. The van der Waals surface area contributed by atoms with E-state index in [2.05, 4.69) is 51.0 Å². The maximum Gasteiger partial charge on any atom is 0.338 e. The first-order chi connectivity index (χ1) is 12.0. The SMILES string of the molecule is Cc1c([C@@H]2CN(Cc3cnc(Br)s3)C[C@H](C)N2)ccc2c1COC2=O. The molecule has 0 radical (unpaired) electrons. The van der Waals surface area contributed by atoms with Crippen LogP contribution in [-0.2, 0) is 17.9 Å². The first kappa shape index (κ1) is 17.1. The summed E-state index contributed by atoms with van der Waals surface area (Å²) < 4.78 is 6.12. The van der Waals surface area contributed by atoms with Crippen LogP contribution in [0.15, 0.2) is 22.2 Å². The zero-order valence-electron chi connectivity index (χ0n) is 14.2. The van der Waals surface area contributed by atoms with Gasteiger partial charge < -0.3 is 10.1 Å². The molecule has 1 aromatic carbocycles. The highest BCUT2D eigenvalue weighted by molar-refractivity contribution is 9.11. The van der Waals surface area contributed by atoms with Gasteiger partial charge in [0.1, 0.15) is 6.61 Å². The third-order valence-electron chi connectivity index (χ3n) is 4.95. The molecule has 2 aromatic rings. The second-order valence-corrected chi connectivity index (χ2v) is 9.17. The zero-order valence-corrected chi connectivity index (χ0v) is 16.6. The van der Waals surface area contributed by atoms with Crippen LogP contribution in [0.3, 0.4) is 0 Å². The van der Waals surface area contributed by atoms with Gasteiger partial charge in [0.15, 0.2) is 3.92 Å². The van der Waals surface area contributed by atoms with Crippen LogP contribution < -0.4 is 5.32 Å². The predicted octanol–water partition coefficient (Wildman–Crippen LogP) is 3.42. The lowest BCUT2D eigenvalue weighted by molar-refractivity contribution is 0.0535. The number of benzene rings is 1. The van der Waals surface area contributed by atoms with Crippen molar-refractivity contribution in [3.63, 3.8) is 0 Å². The Bertz CT molecular complexity index is 823. The molecule has 0 amide bonds. The molecule has 1 N–H and O–H groups in total. The van der Waals surface area contributed by atoms with E-state index < -0.39 is 0 Å². The van der Waals surface area contributed by atoms with Crippen molar-refractivity contribution in [3.8, 4) is 0 Å². The van der Waals surface area contributed by atoms with Gasteiger partial charge in [-0.15, -0.1) is 11.3 Å². The van der Waals surface area contributed by atoms with Crippen LogP contribution in [0.5, 0.6) is 0 Å². The van der Waals surface area contributed by atoms with Crippen molar-refractivity contribution in [1.82, 2.24) is 15.2 Å². The third-order valence-corrected chi connectivity index (χ3v) is 6.41. The number of aromatic nitrogens is 1. The van der Waals surface area contributed by atoms with Crippen molar-refractivity contribution in [1.29, 1.82) is 0 Å². The first-order valence-electron chi connectivity index (χ1n) is 8.39. The number of ether oxygens (including phenoxy) is 1. The average molecular weight is 422 g/mol. The molecule has 7 heteroatoms. The molecule has 4 rings (SSSR count). The Morgan fingerprint density at radius 3 is 3.04 bits per heavy atom. The van der Waals surface area contributed by atoms with Gasteiger partial charge in [0, 0.05) is 48.4 Å². The molecule has 0 spiro atoms. The topological polar surface area (TPSA) is 54.5 Å². The number of cyclic esters (lactones) is 1. The van der Waals surface area contributed by atoms with E-state index in [9.17, 15) is 4.79 Å². The van der Waals surface area contributed by atoms with Crippen molar-refractivity contribution in [2.24, 2.45) is 0 Å². The van der Waals surface area contributed by atoms with Crippen LogP contribution in [-0.4, -0.2) is 35.0 Å². The van der Waals surface area contributed by atoms with Crippen LogP contribution in [0.2, 0.25) is 0 Å². The molecule has 2 aliphatic heterocycles. The Labute approximate surface area is 159 Å². The maximum absolute atomic E-state index is 11.8. The summed E-state index contributed by atoms with van der Waals surface area (Å²) in [6, 6.07) is 4.65. The number of fused-ring (bicyclic) bond motifs is 1. The molecule has 2 aliphatic rings. The molecule has 1 saturated heterocycles. The van der Waals surface area contributed by atoms with Gasteiger partial charge in [-0.25, -0.2) is 9.78 Å². The normalized spacial score (nSPS) is 23.6. The van der Waals surface area contributed by atoms with Crippen molar-refractivity contribution in [2.75, 3.05) is 13.1 Å². The lowest BCUT2D eigenvalue weighted by Crippen LogP contribution is -2.50. The van der Waals surface area contributed by atoms with Gasteiger partial charge >= 0.3 is 5.97 Å². The van der Waals surface area contributed by atoms with Gasteiger partial charge in [-0.2, -0.15) is 0 Å². The predicted molar refractivity (Wildman–Crippen MR) is 101 cm³/mol. The number of thiazole rings is 1. The van der Waals surface area contributed by atoms with Crippen LogP contribution in [0.4, 0.5) is 0 Å². The van der Waals surface area contributed by atoms with E-state index in [0.717, 1.165) is 34.7 Å². The number of nitrogens with zero attached hydrogens (tertiary/aromatic N) is 2. The van der Waals surface area contributed by atoms with E-state index in [1.807, 2.05) is 12.3 Å². The number of piperazine rings is 1. The fourth-order valence-electron chi connectivity index (χ4n) is 3.81. The number of hydrogen-bond donors (Lipinski definition) is 1. The maximum atomic E-state index is 11.8. The number of carbonyl (C=O) groups excluding carboxylic acids is 1. The summed E-state index contributed by atoms with van der Waals surface area (Å²) >= 11 is 5.13. The van der Waals surface area contributed by atoms with Crippen LogP contribution in [0.1, 0.15) is 44.9 Å². The molecule has 0 saturated carbocycles. The van der Waals surface area contributed by atoms with E-state index in [-0.39, 0.29) is 12.0 Å². The standard InChI is InChI=1S/C18H20BrN3O2S/c1-10-6-22(7-12-5-20-18(19)25-12)8-16(21-10)13-3-4-14-15(11(13)2)9-24-17(14)23/h3-5,10,16,21H,6-9H2,1-2H3/t10-,16-/m0/s1. The summed E-state index contributed by atoms with van der Waals surface area (Å²) in [7, 11) is 0. The number of halogens is 1. The number of carbonyl (C=O) groups is 1. The smallest absolute Gasteiger partial charge is 0.338 e. The van der Waals surface area contributed by atoms with E-state index >= 15 is 0 Å². The molecule has 0 unspecified atom stereocenters. The molecule has 0 aliphatic carbocycles. The minimum Gasteiger partial charge on any atom is -0.457 e. The second kappa shape index (κ2) is 6.79. The Hall–Kier alpha value is -1.28. The second-order valence-electron chi connectivity index (χ2n) is 6.78. The fourth-order valence-corrected chi connectivity index (χ4v) is 5.21. The van der Waals surface area contributed by atoms with Gasteiger partial charge in [-0.05, 0) is 47.0 Å². The van der Waals surface area contributed by atoms with Crippen LogP contribution >= 0.6 is 27.3 Å². The van der Waals surface area contributed by atoms with Gasteiger partial charge in [0.25, 0.3) is 0 Å². The molecule has 2 atom stereocenters. The lowest BCUT2D eigenvalue weighted by atomic mass is 9.92. The van der Waals surface area contributed by atoms with Crippen molar-refractivity contribution >= 4 is 33.2 Å². The van der Waals surface area contributed by atoms with Gasteiger partial charge in [0.2, 0.25) is 0 Å². The number of hydrogen-bond acceptors (Lipinski definition) is 6. The van der Waals surface area contributed by atoms with Crippen molar-refractivity contribution < 1.29 is 9.53 Å². The summed E-state index contributed by atoms with van der Waals surface area (Å²) in [6.45, 7) is 7.58. The lowest BCUT2D eigenvalue weighted by Gasteiger charge is -2.38. The molecule has 5 nitrogen and oxygen atoms in total. The fraction of sp³-hybridized carbons (Fsp3) is 0.444. The van der Waals surface area contributed by atoms with Gasteiger partial charge in [0.05, 0.1) is 5.56 Å². The highest BCUT2D eigenvalue weighted by atomic mass is 79.9. The Morgan fingerprint density at radius 1 is 1.44 bits per heavy atom. The first-order valence-corrected chi connectivity index (χ1v) is 10.0. The number of rotatable bonds is 3. The zero-order chi connectivity index (χ0) is 17.6. The van der Waals surface area contributed by atoms with Gasteiger partial charge in [-0.1, -0.05) is 6.07 Å². The highest BCUT2D eigenvalue weighted by Crippen LogP contribution is 2.31. The number of esters is 1. The summed E-state index contributed by atoms with van der Waals surface area (Å²) in [4.78, 5) is 19.8. The Balaban J connectivity index is 1.57. The number of nitrogens with one attached hydrogen (secondary N) is 1. The third kappa shape index (κ3) is 3.38. The molecular formula is C18H20BrN3O2S. The molecule has 25 heavy (non-hydrogen) atoms. The Kier molecular flexibility index (Phi) is 4.66. The molecule has 3 heterocycles. The van der Waals surface area contributed by atoms with E-state index in [1.54, 1.807) is 11.3 Å². The minimum atomic E-state index is -0.202. The summed E-state index contributed by atoms with van der Waals surface area (Å²) in [5, 5.41) is 3.71. The summed E-state index contributed by atoms with van der Waals surface area (Å²) in [5.41, 5.74) is 4.20. The van der Waals surface area contributed by atoms with Crippen molar-refractivity contribution in [3.05, 3.63) is 49.4 Å². The minimum absolute atomic E-state index is 0.202. The largest absolute Gasteiger partial charge is 0.457 e. The quantitative estimate of drug-likeness (QED) is 0.769. The summed E-state index contributed by atoms with van der Waals surface area (Å²) in [5.74, 6) is -0.202.